The first kappa shape index (κ1) is 21.5. The summed E-state index contributed by atoms with van der Waals surface area (Å²) in [6.07, 6.45) is 6.56. The first-order chi connectivity index (χ1) is 12.6. The van der Waals surface area contributed by atoms with Crippen molar-refractivity contribution in [1.29, 1.82) is 0 Å². The van der Waals surface area contributed by atoms with E-state index in [0.29, 0.717) is 12.5 Å². The van der Waals surface area contributed by atoms with Gasteiger partial charge in [0.2, 0.25) is 0 Å². The van der Waals surface area contributed by atoms with Crippen LogP contribution in [-0.2, 0) is 4.74 Å². The third-order valence-electron chi connectivity index (χ3n) is 6.10. The van der Waals surface area contributed by atoms with E-state index in [9.17, 15) is 5.11 Å². The summed E-state index contributed by atoms with van der Waals surface area (Å²) in [5.41, 5.74) is -0.0761. The lowest BCUT2D eigenvalue weighted by Crippen LogP contribution is -2.44. The number of likely N-dealkylation sites (tertiary alicyclic amines) is 1. The van der Waals surface area contributed by atoms with Crippen molar-refractivity contribution in [1.82, 2.24) is 15.5 Å². The number of hydrogen-bond donors (Lipinski definition) is 3. The molecule has 3 N–H and O–H groups in total. The zero-order valence-electron chi connectivity index (χ0n) is 17.1. The Bertz CT molecular complexity index is 424. The second kappa shape index (κ2) is 11.1. The minimum atomic E-state index is -0.223. The van der Waals surface area contributed by atoms with E-state index >= 15 is 0 Å². The lowest BCUT2D eigenvalue weighted by atomic mass is 9.73. The molecule has 1 saturated carbocycles. The number of rotatable bonds is 8. The van der Waals surface area contributed by atoms with Gasteiger partial charge in [0.05, 0.1) is 19.3 Å². The van der Waals surface area contributed by atoms with Gasteiger partial charge in [0, 0.05) is 32.2 Å². The number of ether oxygens (including phenoxy) is 1. The van der Waals surface area contributed by atoms with Crippen LogP contribution in [0.25, 0.3) is 0 Å². The molecular formula is C20H40N4O2. The summed E-state index contributed by atoms with van der Waals surface area (Å²) in [4.78, 5) is 7.30. The van der Waals surface area contributed by atoms with Crippen LogP contribution in [0.4, 0.5) is 0 Å². The Morgan fingerprint density at radius 2 is 2.00 bits per heavy atom. The molecule has 0 radical (unpaired) electrons. The highest BCUT2D eigenvalue weighted by atomic mass is 16.5. The molecule has 0 bridgehead atoms. The van der Waals surface area contributed by atoms with E-state index in [-0.39, 0.29) is 11.5 Å². The smallest absolute Gasteiger partial charge is 0.191 e. The van der Waals surface area contributed by atoms with Gasteiger partial charge in [0.25, 0.3) is 0 Å². The van der Waals surface area contributed by atoms with Crippen LogP contribution in [0.15, 0.2) is 4.99 Å². The van der Waals surface area contributed by atoms with Crippen molar-refractivity contribution in [2.75, 3.05) is 53.0 Å². The molecule has 2 atom stereocenters. The van der Waals surface area contributed by atoms with Crippen LogP contribution in [0.5, 0.6) is 0 Å². The van der Waals surface area contributed by atoms with E-state index in [2.05, 4.69) is 29.4 Å². The summed E-state index contributed by atoms with van der Waals surface area (Å²) in [7, 11) is 1.77. The molecule has 2 rings (SSSR count). The van der Waals surface area contributed by atoms with E-state index in [1.54, 1.807) is 7.11 Å². The first-order valence-corrected chi connectivity index (χ1v) is 10.5. The number of hydrogen-bond acceptors (Lipinski definition) is 4. The van der Waals surface area contributed by atoms with Gasteiger partial charge in [-0.3, -0.25) is 4.99 Å². The third kappa shape index (κ3) is 6.71. The molecule has 1 saturated heterocycles. The van der Waals surface area contributed by atoms with Crippen LogP contribution >= 0.6 is 0 Å². The first-order valence-electron chi connectivity index (χ1n) is 10.5. The summed E-state index contributed by atoms with van der Waals surface area (Å²) in [6, 6.07) is 0. The maximum Gasteiger partial charge on any atom is 0.191 e. The van der Waals surface area contributed by atoms with Gasteiger partial charge in [-0.15, -0.1) is 0 Å². The van der Waals surface area contributed by atoms with Gasteiger partial charge >= 0.3 is 0 Å². The summed E-state index contributed by atoms with van der Waals surface area (Å²) >= 11 is 0. The number of methoxy groups -OCH3 is 1. The van der Waals surface area contributed by atoms with Gasteiger partial charge in [-0.25, -0.2) is 0 Å². The van der Waals surface area contributed by atoms with Gasteiger partial charge in [0.1, 0.15) is 0 Å². The summed E-state index contributed by atoms with van der Waals surface area (Å²) in [5.74, 6) is 1.60. The van der Waals surface area contributed by atoms with Gasteiger partial charge in [0.15, 0.2) is 5.96 Å². The number of nitrogens with zero attached hydrogens (tertiary/aromatic N) is 2. The number of aliphatic imine (C=N–C) groups is 1. The summed E-state index contributed by atoms with van der Waals surface area (Å²) in [5, 5.41) is 17.3. The quantitative estimate of drug-likeness (QED) is 0.451. The normalized spacial score (nSPS) is 28.9. The molecule has 6 heteroatoms. The van der Waals surface area contributed by atoms with Crippen LogP contribution in [0.3, 0.4) is 0 Å². The van der Waals surface area contributed by atoms with Crippen molar-refractivity contribution >= 4 is 5.96 Å². The van der Waals surface area contributed by atoms with Gasteiger partial charge < -0.3 is 25.4 Å². The molecule has 0 aromatic rings. The van der Waals surface area contributed by atoms with Crippen molar-refractivity contribution < 1.29 is 9.84 Å². The van der Waals surface area contributed by atoms with Crippen molar-refractivity contribution in [3.05, 3.63) is 0 Å². The van der Waals surface area contributed by atoms with Gasteiger partial charge in [-0.1, -0.05) is 19.8 Å². The fraction of sp³-hybridized carbons (Fsp3) is 0.950. The average molecular weight is 369 g/mol. The molecule has 0 amide bonds. The Morgan fingerprint density at radius 3 is 2.65 bits per heavy atom. The number of aliphatic hydroxyl groups is 1. The minimum absolute atomic E-state index is 0.0761. The van der Waals surface area contributed by atoms with Gasteiger partial charge in [-0.05, 0) is 51.6 Å². The van der Waals surface area contributed by atoms with Crippen LogP contribution < -0.4 is 10.6 Å². The molecule has 1 aliphatic heterocycles. The van der Waals surface area contributed by atoms with E-state index in [0.717, 1.165) is 64.6 Å². The molecule has 0 spiro atoms. The predicted molar refractivity (Wildman–Crippen MR) is 108 cm³/mol. The fourth-order valence-corrected chi connectivity index (χ4v) is 4.04. The second-order valence-electron chi connectivity index (χ2n) is 8.27. The van der Waals surface area contributed by atoms with Gasteiger partial charge in [-0.2, -0.15) is 0 Å². The van der Waals surface area contributed by atoms with E-state index in [1.807, 2.05) is 0 Å². The molecule has 6 nitrogen and oxygen atoms in total. The highest BCUT2D eigenvalue weighted by Crippen LogP contribution is 2.36. The molecule has 2 aliphatic rings. The maximum absolute atomic E-state index is 10.4. The molecule has 2 fully saturated rings. The lowest BCUT2D eigenvalue weighted by Gasteiger charge is -2.37. The molecule has 1 aliphatic carbocycles. The standard InChI is InChI=1S/C20H40N4O2/c1-4-21-19(23-16-20(2)10-6-5-7-18(20)25)22-15-17-8-11-24(12-9-17)13-14-26-3/h17-18,25H,4-16H2,1-3H3,(H2,21,22,23). The largest absolute Gasteiger partial charge is 0.392 e. The van der Waals surface area contributed by atoms with Crippen molar-refractivity contribution in [3.63, 3.8) is 0 Å². The highest BCUT2D eigenvalue weighted by Gasteiger charge is 2.35. The third-order valence-corrected chi connectivity index (χ3v) is 6.10. The number of aliphatic hydroxyl groups excluding tert-OH is 1. The van der Waals surface area contributed by atoms with E-state index in [1.165, 1.54) is 19.3 Å². The van der Waals surface area contributed by atoms with Crippen molar-refractivity contribution in [2.24, 2.45) is 16.3 Å². The SMILES string of the molecule is CCNC(=NCC1(C)CCCCC1O)NCC1CCN(CCOC)CC1. The van der Waals surface area contributed by atoms with E-state index < -0.39 is 0 Å². The van der Waals surface area contributed by atoms with Crippen molar-refractivity contribution in [2.45, 2.75) is 58.5 Å². The topological polar surface area (TPSA) is 69.1 Å². The molecule has 0 aromatic heterocycles. The number of nitrogens with one attached hydrogen (secondary N) is 2. The van der Waals surface area contributed by atoms with Crippen LogP contribution in [0.1, 0.15) is 52.4 Å². The Balaban J connectivity index is 1.77. The lowest BCUT2D eigenvalue weighted by molar-refractivity contribution is 0.00716. The summed E-state index contributed by atoms with van der Waals surface area (Å²) in [6.45, 7) is 11.0. The Labute approximate surface area is 159 Å². The molecule has 152 valence electrons. The predicted octanol–water partition coefficient (Wildman–Crippen LogP) is 1.84. The number of piperidine rings is 1. The fourth-order valence-electron chi connectivity index (χ4n) is 4.04. The Hall–Kier alpha value is -0.850. The molecule has 0 aromatic carbocycles. The molecule has 2 unspecified atom stereocenters. The van der Waals surface area contributed by atoms with Crippen LogP contribution in [0, 0.1) is 11.3 Å². The number of guanidine groups is 1. The van der Waals surface area contributed by atoms with Crippen LogP contribution in [-0.4, -0.2) is 75.1 Å². The van der Waals surface area contributed by atoms with Crippen molar-refractivity contribution in [3.8, 4) is 0 Å². The molecule has 26 heavy (non-hydrogen) atoms. The molecule has 1 heterocycles. The zero-order valence-corrected chi connectivity index (χ0v) is 17.1. The molecular weight excluding hydrogens is 328 g/mol. The second-order valence-corrected chi connectivity index (χ2v) is 8.27. The Morgan fingerprint density at radius 1 is 1.23 bits per heavy atom. The Kier molecular flexibility index (Phi) is 9.16. The maximum atomic E-state index is 10.4. The van der Waals surface area contributed by atoms with Crippen LogP contribution in [0.2, 0.25) is 0 Å². The monoisotopic (exact) mass is 368 g/mol. The van der Waals surface area contributed by atoms with E-state index in [4.69, 9.17) is 9.73 Å². The minimum Gasteiger partial charge on any atom is -0.392 e. The zero-order chi connectivity index (χ0) is 18.8. The highest BCUT2D eigenvalue weighted by molar-refractivity contribution is 5.79. The average Bonchev–Trinajstić information content (AvgIpc) is 2.66. The summed E-state index contributed by atoms with van der Waals surface area (Å²) < 4.78 is 5.17.